The Morgan fingerprint density at radius 2 is 2.22 bits per heavy atom. The van der Waals surface area contributed by atoms with Crippen LogP contribution in [0.2, 0.25) is 0 Å². The first-order valence-corrected chi connectivity index (χ1v) is 8.06. The van der Waals surface area contributed by atoms with Gasteiger partial charge < -0.3 is 14.6 Å². The number of aryl methyl sites for hydroxylation is 1. The van der Waals surface area contributed by atoms with Crippen LogP contribution in [0.25, 0.3) is 10.9 Å². The number of nitrogens with zero attached hydrogens (tertiary/aromatic N) is 1. The Labute approximate surface area is 140 Å². The van der Waals surface area contributed by atoms with E-state index in [0.29, 0.717) is 17.2 Å². The summed E-state index contributed by atoms with van der Waals surface area (Å²) in [6, 6.07) is 7.78. The lowest BCUT2D eigenvalue weighted by molar-refractivity contribution is 0.0944. The number of carbonyl (C=O) groups excluding carboxylic acids is 1. The monoisotopic (exact) mass is 332 g/mol. The normalized spacial score (nSPS) is 17.2. The minimum Gasteiger partial charge on any atom is -0.376 e. The summed E-state index contributed by atoms with van der Waals surface area (Å²) in [6.45, 7) is 1.46. The maximum Gasteiger partial charge on any atom is 0.271 e. The van der Waals surface area contributed by atoms with Crippen LogP contribution in [-0.2, 0) is 11.8 Å². The Balaban J connectivity index is 1.55. The molecule has 1 aromatic heterocycles. The number of ether oxygens (including phenoxy) is 1. The van der Waals surface area contributed by atoms with Crippen molar-refractivity contribution in [2.75, 3.05) is 13.2 Å². The van der Waals surface area contributed by atoms with Gasteiger partial charge in [-0.05, 0) is 31.1 Å². The summed E-state index contributed by atoms with van der Waals surface area (Å²) in [6.07, 6.45) is 4.14. The number of rotatable bonds is 3. The fraction of sp³-hybridized carbons (Fsp3) is 0.375. The van der Waals surface area contributed by atoms with E-state index in [-0.39, 0.29) is 12.0 Å². The van der Waals surface area contributed by atoms with E-state index in [2.05, 4.69) is 16.2 Å². The quantitative estimate of drug-likeness (QED) is 0.587. The molecule has 2 aromatic rings. The fourth-order valence-corrected chi connectivity index (χ4v) is 2.89. The Morgan fingerprint density at radius 3 is 3.00 bits per heavy atom. The summed E-state index contributed by atoms with van der Waals surface area (Å²) in [5.74, 6) is -0.219. The molecule has 6 nitrogen and oxygen atoms in total. The van der Waals surface area contributed by atoms with Gasteiger partial charge in [-0.3, -0.25) is 15.6 Å². The first-order chi connectivity index (χ1) is 11.1. The van der Waals surface area contributed by atoms with Crippen molar-refractivity contribution in [3.05, 3.63) is 36.0 Å². The summed E-state index contributed by atoms with van der Waals surface area (Å²) < 4.78 is 7.44. The van der Waals surface area contributed by atoms with Crippen molar-refractivity contribution >= 4 is 34.1 Å². The highest BCUT2D eigenvalue weighted by molar-refractivity contribution is 7.80. The number of hydrogen-bond acceptors (Lipinski definition) is 3. The zero-order chi connectivity index (χ0) is 16.2. The van der Waals surface area contributed by atoms with Gasteiger partial charge in [-0.2, -0.15) is 0 Å². The van der Waals surface area contributed by atoms with Gasteiger partial charge in [-0.15, -0.1) is 0 Å². The van der Waals surface area contributed by atoms with E-state index in [1.807, 2.05) is 42.1 Å². The average Bonchev–Trinajstić information content (AvgIpc) is 3.19. The van der Waals surface area contributed by atoms with E-state index in [9.17, 15) is 4.79 Å². The molecule has 7 heteroatoms. The molecule has 3 rings (SSSR count). The van der Waals surface area contributed by atoms with Crippen LogP contribution in [0.4, 0.5) is 0 Å². The maximum atomic E-state index is 12.3. The van der Waals surface area contributed by atoms with Crippen LogP contribution >= 0.6 is 12.2 Å². The van der Waals surface area contributed by atoms with Gasteiger partial charge >= 0.3 is 0 Å². The van der Waals surface area contributed by atoms with Crippen LogP contribution in [0, 0.1) is 0 Å². The van der Waals surface area contributed by atoms with Crippen LogP contribution in [0.5, 0.6) is 0 Å². The molecule has 122 valence electrons. The third kappa shape index (κ3) is 3.62. The third-order valence-corrected chi connectivity index (χ3v) is 4.19. The molecule has 0 radical (unpaired) electrons. The van der Waals surface area contributed by atoms with Crippen molar-refractivity contribution in [2.45, 2.75) is 18.9 Å². The molecule has 2 heterocycles. The molecule has 1 saturated heterocycles. The number of nitrogens with one attached hydrogen (secondary N) is 3. The number of para-hydroxylation sites is 1. The van der Waals surface area contributed by atoms with Crippen LogP contribution in [0.3, 0.4) is 0 Å². The molecule has 23 heavy (non-hydrogen) atoms. The standard InChI is InChI=1S/C16H20N4O2S/c1-20-10-13(12-6-2-3-7-14(12)20)15(21)18-19-16(23)17-9-11-5-4-8-22-11/h2-3,6-7,10-11H,4-5,8-9H2,1H3,(H,18,21)(H2,17,19,23)/t11-/m1/s1. The zero-order valence-electron chi connectivity index (χ0n) is 13.0. The molecule has 0 saturated carbocycles. The molecule has 0 aliphatic carbocycles. The SMILES string of the molecule is Cn1cc(C(=O)NNC(=S)NC[C@H]2CCCO2)c2ccccc21. The number of hydrogen-bond donors (Lipinski definition) is 3. The van der Waals surface area contributed by atoms with Gasteiger partial charge in [-0.1, -0.05) is 18.2 Å². The molecular formula is C16H20N4O2S. The molecule has 1 aliphatic heterocycles. The highest BCUT2D eigenvalue weighted by Crippen LogP contribution is 2.19. The smallest absolute Gasteiger partial charge is 0.271 e. The largest absolute Gasteiger partial charge is 0.376 e. The molecule has 1 amide bonds. The van der Waals surface area contributed by atoms with Crippen LogP contribution < -0.4 is 16.2 Å². The average molecular weight is 332 g/mol. The van der Waals surface area contributed by atoms with E-state index < -0.39 is 0 Å². The second-order valence-corrected chi connectivity index (χ2v) is 6.00. The molecule has 1 aliphatic rings. The highest BCUT2D eigenvalue weighted by Gasteiger charge is 2.16. The summed E-state index contributed by atoms with van der Waals surface area (Å²) in [7, 11) is 1.92. The lowest BCUT2D eigenvalue weighted by Gasteiger charge is -2.14. The van der Waals surface area contributed by atoms with Crippen molar-refractivity contribution in [3.63, 3.8) is 0 Å². The number of hydrazine groups is 1. The first-order valence-electron chi connectivity index (χ1n) is 7.65. The Kier molecular flexibility index (Phi) is 4.78. The summed E-state index contributed by atoms with van der Waals surface area (Å²) in [5, 5.41) is 4.34. The van der Waals surface area contributed by atoms with E-state index >= 15 is 0 Å². The molecule has 1 atom stereocenters. The summed E-state index contributed by atoms with van der Waals surface area (Å²) in [5.41, 5.74) is 6.99. The van der Waals surface area contributed by atoms with Crippen LogP contribution in [-0.4, -0.2) is 34.8 Å². The van der Waals surface area contributed by atoms with E-state index in [1.165, 1.54) is 0 Å². The number of thiocarbonyl (C=S) groups is 1. The second kappa shape index (κ2) is 6.97. The minimum atomic E-state index is -0.219. The predicted octanol–water partition coefficient (Wildman–Crippen LogP) is 1.47. The molecule has 3 N–H and O–H groups in total. The van der Waals surface area contributed by atoms with Crippen molar-refractivity contribution in [1.29, 1.82) is 0 Å². The van der Waals surface area contributed by atoms with Gasteiger partial charge in [0.15, 0.2) is 5.11 Å². The molecular weight excluding hydrogens is 312 g/mol. The Hall–Kier alpha value is -2.12. The molecule has 0 bridgehead atoms. The summed E-state index contributed by atoms with van der Waals surface area (Å²) >= 11 is 5.16. The van der Waals surface area contributed by atoms with Gasteiger partial charge in [0.25, 0.3) is 5.91 Å². The topological polar surface area (TPSA) is 67.3 Å². The zero-order valence-corrected chi connectivity index (χ0v) is 13.8. The number of amides is 1. The molecule has 1 fully saturated rings. The maximum absolute atomic E-state index is 12.3. The summed E-state index contributed by atoms with van der Waals surface area (Å²) in [4.78, 5) is 12.3. The number of benzene rings is 1. The lowest BCUT2D eigenvalue weighted by atomic mass is 10.2. The van der Waals surface area contributed by atoms with Crippen LogP contribution in [0.1, 0.15) is 23.2 Å². The highest BCUT2D eigenvalue weighted by atomic mass is 32.1. The molecule has 0 unspecified atom stereocenters. The number of carbonyl (C=O) groups is 1. The molecule has 0 spiro atoms. The lowest BCUT2D eigenvalue weighted by Crippen LogP contribution is -2.48. The third-order valence-electron chi connectivity index (χ3n) is 3.95. The van der Waals surface area contributed by atoms with Gasteiger partial charge in [-0.25, -0.2) is 0 Å². The van der Waals surface area contributed by atoms with Gasteiger partial charge in [0.2, 0.25) is 0 Å². The number of fused-ring (bicyclic) bond motifs is 1. The van der Waals surface area contributed by atoms with Crippen LogP contribution in [0.15, 0.2) is 30.5 Å². The minimum absolute atomic E-state index is 0.198. The van der Waals surface area contributed by atoms with Crippen molar-refractivity contribution < 1.29 is 9.53 Å². The van der Waals surface area contributed by atoms with Crippen molar-refractivity contribution in [2.24, 2.45) is 7.05 Å². The molecule has 1 aromatic carbocycles. The number of aromatic nitrogens is 1. The van der Waals surface area contributed by atoms with Crippen molar-refractivity contribution in [3.8, 4) is 0 Å². The van der Waals surface area contributed by atoms with E-state index in [4.69, 9.17) is 17.0 Å². The van der Waals surface area contributed by atoms with Crippen molar-refractivity contribution in [1.82, 2.24) is 20.7 Å². The Morgan fingerprint density at radius 1 is 1.39 bits per heavy atom. The predicted molar refractivity (Wildman–Crippen MR) is 93.1 cm³/mol. The van der Waals surface area contributed by atoms with Gasteiger partial charge in [0.05, 0.1) is 11.7 Å². The van der Waals surface area contributed by atoms with E-state index in [1.54, 1.807) is 0 Å². The fourth-order valence-electron chi connectivity index (χ4n) is 2.76. The first kappa shape index (κ1) is 15.8. The Bertz CT molecular complexity index is 722. The van der Waals surface area contributed by atoms with Gasteiger partial charge in [0, 0.05) is 37.3 Å². The second-order valence-electron chi connectivity index (χ2n) is 5.60. The van der Waals surface area contributed by atoms with Gasteiger partial charge in [0.1, 0.15) is 0 Å². The van der Waals surface area contributed by atoms with E-state index in [0.717, 1.165) is 30.4 Å².